The van der Waals surface area contributed by atoms with Crippen molar-refractivity contribution in [1.82, 2.24) is 4.90 Å². The number of esters is 1. The maximum atomic E-state index is 12.6. The second kappa shape index (κ2) is 9.15. The number of methoxy groups -OCH3 is 2. The molecule has 0 atom stereocenters. The van der Waals surface area contributed by atoms with Crippen LogP contribution in [0.3, 0.4) is 0 Å². The van der Waals surface area contributed by atoms with Crippen LogP contribution in [0, 0.1) is 6.92 Å². The van der Waals surface area contributed by atoms with Crippen molar-refractivity contribution in [3.05, 3.63) is 35.0 Å². The van der Waals surface area contributed by atoms with Gasteiger partial charge in [0.25, 0.3) is 5.91 Å². The van der Waals surface area contributed by atoms with Crippen LogP contribution in [0.25, 0.3) is 0 Å². The fourth-order valence-corrected chi connectivity index (χ4v) is 2.71. The minimum absolute atomic E-state index is 0.0533. The van der Waals surface area contributed by atoms with Gasteiger partial charge in [-0.05, 0) is 24.6 Å². The number of aliphatic hydroxyl groups excluding tert-OH is 1. The Kier molecular flexibility index (Phi) is 6.91. The highest BCUT2D eigenvalue weighted by molar-refractivity contribution is 6.08. The first-order valence-corrected chi connectivity index (χ1v) is 8.30. The van der Waals surface area contributed by atoms with Gasteiger partial charge in [0.2, 0.25) is 5.91 Å². The van der Waals surface area contributed by atoms with Crippen molar-refractivity contribution >= 4 is 29.2 Å². The molecule has 0 saturated heterocycles. The molecule has 27 heavy (non-hydrogen) atoms. The van der Waals surface area contributed by atoms with Gasteiger partial charge in [-0.1, -0.05) is 6.07 Å². The molecule has 0 unspecified atom stereocenters. The zero-order valence-corrected chi connectivity index (χ0v) is 15.5. The predicted octanol–water partition coefficient (Wildman–Crippen LogP) is 0.253. The molecule has 0 saturated carbocycles. The quantitative estimate of drug-likeness (QED) is 0.556. The number of nitrogens with zero attached hydrogens (tertiary/aromatic N) is 1. The highest BCUT2D eigenvalue weighted by atomic mass is 16.5. The van der Waals surface area contributed by atoms with Gasteiger partial charge in [0, 0.05) is 25.0 Å². The maximum Gasteiger partial charge on any atom is 0.337 e. The number of carbonyl (C=O) groups is 3. The lowest BCUT2D eigenvalue weighted by Crippen LogP contribution is -2.31. The smallest absolute Gasteiger partial charge is 0.337 e. The van der Waals surface area contributed by atoms with Gasteiger partial charge in [-0.3, -0.25) is 9.59 Å². The Bertz CT molecular complexity index is 774. The molecule has 9 nitrogen and oxygen atoms in total. The average molecular weight is 377 g/mol. The lowest BCUT2D eigenvalue weighted by atomic mass is 10.1. The Labute approximate surface area is 156 Å². The lowest BCUT2D eigenvalue weighted by molar-refractivity contribution is -0.136. The van der Waals surface area contributed by atoms with Crippen molar-refractivity contribution in [2.24, 2.45) is 0 Å². The highest BCUT2D eigenvalue weighted by Gasteiger charge is 2.34. The van der Waals surface area contributed by atoms with Gasteiger partial charge >= 0.3 is 5.97 Å². The summed E-state index contributed by atoms with van der Waals surface area (Å²) in [4.78, 5) is 37.7. The number of nitrogens with one attached hydrogen (secondary N) is 2. The van der Waals surface area contributed by atoms with E-state index in [0.717, 1.165) is 0 Å². The number of aliphatic hydroxyl groups is 1. The molecule has 0 aromatic heterocycles. The van der Waals surface area contributed by atoms with Gasteiger partial charge in [0.05, 0.1) is 25.8 Å². The van der Waals surface area contributed by atoms with Crippen LogP contribution in [-0.2, 0) is 23.9 Å². The van der Waals surface area contributed by atoms with Crippen LogP contribution in [0.5, 0.6) is 0 Å². The number of hydrogen-bond acceptors (Lipinski definition) is 7. The van der Waals surface area contributed by atoms with Crippen LogP contribution < -0.4 is 10.6 Å². The van der Waals surface area contributed by atoms with Crippen molar-refractivity contribution < 1.29 is 29.0 Å². The third-order valence-electron chi connectivity index (χ3n) is 4.10. The predicted molar refractivity (Wildman–Crippen MR) is 98.0 cm³/mol. The zero-order chi connectivity index (χ0) is 20.0. The van der Waals surface area contributed by atoms with E-state index in [4.69, 9.17) is 14.6 Å². The van der Waals surface area contributed by atoms with E-state index in [-0.39, 0.29) is 43.5 Å². The molecule has 3 N–H and O–H groups in total. The highest BCUT2D eigenvalue weighted by Crippen LogP contribution is 2.28. The van der Waals surface area contributed by atoms with E-state index in [1.165, 1.54) is 19.1 Å². The summed E-state index contributed by atoms with van der Waals surface area (Å²) in [6, 6.07) is 5.16. The molecule has 1 aromatic rings. The molecule has 1 heterocycles. The van der Waals surface area contributed by atoms with Crippen LogP contribution in [0.4, 0.5) is 11.4 Å². The van der Waals surface area contributed by atoms with Crippen LogP contribution in [0.2, 0.25) is 0 Å². The third kappa shape index (κ3) is 4.63. The average Bonchev–Trinajstić information content (AvgIpc) is 2.94. The monoisotopic (exact) mass is 377 g/mol. The standard InChI is InChI=1S/C18H23N3O6/c1-11-13(19-15(23)10-26-2)5-4-6-14(11)20-16-12(18(25)27-3)9-21(7-8-22)17(16)24/h4-6,20,22H,7-10H2,1-3H3,(H,19,23). The molecule has 1 aliphatic rings. The molecule has 9 heteroatoms. The van der Waals surface area contributed by atoms with E-state index in [0.29, 0.717) is 16.9 Å². The van der Waals surface area contributed by atoms with Gasteiger partial charge < -0.3 is 30.1 Å². The largest absolute Gasteiger partial charge is 0.466 e. The number of carbonyl (C=O) groups excluding carboxylic acids is 3. The SMILES string of the molecule is COCC(=O)Nc1cccc(NC2=C(C(=O)OC)CN(CCO)C2=O)c1C. The molecule has 0 radical (unpaired) electrons. The number of hydrogen-bond donors (Lipinski definition) is 3. The van der Waals surface area contributed by atoms with E-state index in [9.17, 15) is 14.4 Å². The molecule has 2 amide bonds. The topological polar surface area (TPSA) is 117 Å². The molecule has 1 aromatic carbocycles. The van der Waals surface area contributed by atoms with Gasteiger partial charge in [0.15, 0.2) is 0 Å². The van der Waals surface area contributed by atoms with Crippen molar-refractivity contribution in [2.45, 2.75) is 6.92 Å². The first kappa shape index (κ1) is 20.4. The Hall–Kier alpha value is -2.91. The molecule has 0 spiro atoms. The van der Waals surface area contributed by atoms with Crippen molar-refractivity contribution in [1.29, 1.82) is 0 Å². The van der Waals surface area contributed by atoms with Crippen molar-refractivity contribution in [2.75, 3.05) is 51.2 Å². The van der Waals surface area contributed by atoms with E-state index < -0.39 is 11.9 Å². The summed E-state index contributed by atoms with van der Waals surface area (Å²) < 4.78 is 9.56. The number of anilines is 2. The number of amides is 2. The number of benzene rings is 1. The fourth-order valence-electron chi connectivity index (χ4n) is 2.71. The van der Waals surface area contributed by atoms with Crippen molar-refractivity contribution in [3.8, 4) is 0 Å². The van der Waals surface area contributed by atoms with Crippen LogP contribution in [0.15, 0.2) is 29.5 Å². The molecular weight excluding hydrogens is 354 g/mol. The number of ether oxygens (including phenoxy) is 2. The van der Waals surface area contributed by atoms with E-state index in [1.807, 2.05) is 0 Å². The van der Waals surface area contributed by atoms with Gasteiger partial charge in [0.1, 0.15) is 12.3 Å². The van der Waals surface area contributed by atoms with Crippen LogP contribution in [-0.4, -0.2) is 68.3 Å². The summed E-state index contributed by atoms with van der Waals surface area (Å²) >= 11 is 0. The Morgan fingerprint density at radius 3 is 2.59 bits per heavy atom. The first-order chi connectivity index (χ1) is 12.9. The lowest BCUT2D eigenvalue weighted by Gasteiger charge is -2.16. The second-order valence-corrected chi connectivity index (χ2v) is 5.88. The molecule has 0 fully saturated rings. The van der Waals surface area contributed by atoms with Gasteiger partial charge in [-0.15, -0.1) is 0 Å². The summed E-state index contributed by atoms with van der Waals surface area (Å²) in [6.45, 7) is 1.64. The van der Waals surface area contributed by atoms with Gasteiger partial charge in [-0.2, -0.15) is 0 Å². The second-order valence-electron chi connectivity index (χ2n) is 5.88. The molecule has 0 bridgehead atoms. The normalized spacial score (nSPS) is 13.8. The fraction of sp³-hybridized carbons (Fsp3) is 0.389. The Morgan fingerprint density at radius 2 is 1.96 bits per heavy atom. The molecule has 1 aliphatic heterocycles. The molecule has 2 rings (SSSR count). The van der Waals surface area contributed by atoms with E-state index >= 15 is 0 Å². The number of β-amino-alcohol motifs (C(OH)–C–C–N with tert-alkyl or cyclic N) is 1. The van der Waals surface area contributed by atoms with Crippen LogP contribution in [0.1, 0.15) is 5.56 Å². The Balaban J connectivity index is 2.31. The molecular formula is C18H23N3O6. The third-order valence-corrected chi connectivity index (χ3v) is 4.10. The minimum atomic E-state index is -0.617. The summed E-state index contributed by atoms with van der Waals surface area (Å²) in [5.74, 6) is -1.33. The van der Waals surface area contributed by atoms with Crippen LogP contribution >= 0.6 is 0 Å². The molecule has 0 aliphatic carbocycles. The maximum absolute atomic E-state index is 12.6. The minimum Gasteiger partial charge on any atom is -0.466 e. The molecule has 146 valence electrons. The zero-order valence-electron chi connectivity index (χ0n) is 15.5. The van der Waals surface area contributed by atoms with Crippen molar-refractivity contribution in [3.63, 3.8) is 0 Å². The number of rotatable bonds is 8. The summed E-state index contributed by atoms with van der Waals surface area (Å²) in [5.41, 5.74) is 2.08. The van der Waals surface area contributed by atoms with E-state index in [1.54, 1.807) is 25.1 Å². The first-order valence-electron chi connectivity index (χ1n) is 8.30. The van der Waals surface area contributed by atoms with Gasteiger partial charge in [-0.25, -0.2) is 4.79 Å². The Morgan fingerprint density at radius 1 is 1.26 bits per heavy atom. The summed E-state index contributed by atoms with van der Waals surface area (Å²) in [6.07, 6.45) is 0. The van der Waals surface area contributed by atoms with E-state index in [2.05, 4.69) is 10.6 Å². The summed E-state index contributed by atoms with van der Waals surface area (Å²) in [7, 11) is 2.67. The summed E-state index contributed by atoms with van der Waals surface area (Å²) in [5, 5.41) is 14.8.